The standard InChI is InChI=1S/C12H21NS/c1-5-11-6-7-12(14-11)8-13-10(4)9(2)3/h6-7,9-10,13H,5,8H2,1-4H3. The predicted octanol–water partition coefficient (Wildman–Crippen LogP) is 3.44. The molecule has 1 atom stereocenters. The van der Waals surface area contributed by atoms with E-state index in [1.165, 1.54) is 9.75 Å². The van der Waals surface area contributed by atoms with Gasteiger partial charge in [-0.15, -0.1) is 11.3 Å². The zero-order valence-electron chi connectivity index (χ0n) is 9.63. The number of hydrogen-bond donors (Lipinski definition) is 1. The van der Waals surface area contributed by atoms with Gasteiger partial charge in [0.15, 0.2) is 0 Å². The summed E-state index contributed by atoms with van der Waals surface area (Å²) in [5, 5.41) is 3.55. The van der Waals surface area contributed by atoms with Crippen LogP contribution in [0.2, 0.25) is 0 Å². The molecule has 0 saturated heterocycles. The van der Waals surface area contributed by atoms with Crippen molar-refractivity contribution in [2.45, 2.75) is 46.7 Å². The summed E-state index contributed by atoms with van der Waals surface area (Å²) in [7, 11) is 0. The maximum atomic E-state index is 3.55. The fraction of sp³-hybridized carbons (Fsp3) is 0.667. The smallest absolute Gasteiger partial charge is 0.0302 e. The van der Waals surface area contributed by atoms with Crippen LogP contribution in [0.5, 0.6) is 0 Å². The van der Waals surface area contributed by atoms with Crippen LogP contribution in [0.25, 0.3) is 0 Å². The Morgan fingerprint density at radius 2 is 1.86 bits per heavy atom. The number of rotatable bonds is 5. The first-order valence-electron chi connectivity index (χ1n) is 5.44. The Morgan fingerprint density at radius 3 is 2.36 bits per heavy atom. The van der Waals surface area contributed by atoms with Crippen molar-refractivity contribution < 1.29 is 0 Å². The lowest BCUT2D eigenvalue weighted by Gasteiger charge is -2.16. The lowest BCUT2D eigenvalue weighted by atomic mass is 10.1. The van der Waals surface area contributed by atoms with Gasteiger partial charge in [-0.1, -0.05) is 20.8 Å². The third-order valence-corrected chi connectivity index (χ3v) is 3.89. The van der Waals surface area contributed by atoms with Crippen molar-refractivity contribution in [1.29, 1.82) is 0 Å². The highest BCUT2D eigenvalue weighted by molar-refractivity contribution is 7.11. The largest absolute Gasteiger partial charge is 0.309 e. The number of nitrogens with one attached hydrogen (secondary N) is 1. The summed E-state index contributed by atoms with van der Waals surface area (Å²) in [5.41, 5.74) is 0. The van der Waals surface area contributed by atoms with Gasteiger partial charge in [-0.2, -0.15) is 0 Å². The third-order valence-electron chi connectivity index (χ3n) is 2.66. The molecule has 1 rings (SSSR count). The Morgan fingerprint density at radius 1 is 1.21 bits per heavy atom. The van der Waals surface area contributed by atoms with E-state index in [-0.39, 0.29) is 0 Å². The van der Waals surface area contributed by atoms with E-state index in [2.05, 4.69) is 45.1 Å². The average Bonchev–Trinajstić information content (AvgIpc) is 2.61. The summed E-state index contributed by atoms with van der Waals surface area (Å²) in [6, 6.07) is 5.08. The van der Waals surface area contributed by atoms with Crippen molar-refractivity contribution in [2.75, 3.05) is 0 Å². The van der Waals surface area contributed by atoms with Crippen LogP contribution < -0.4 is 5.32 Å². The van der Waals surface area contributed by atoms with Crippen LogP contribution in [-0.2, 0) is 13.0 Å². The van der Waals surface area contributed by atoms with Crippen LogP contribution in [0.1, 0.15) is 37.4 Å². The summed E-state index contributed by atoms with van der Waals surface area (Å²) < 4.78 is 0. The van der Waals surface area contributed by atoms with E-state index in [1.54, 1.807) is 0 Å². The fourth-order valence-corrected chi connectivity index (χ4v) is 2.11. The number of hydrogen-bond acceptors (Lipinski definition) is 2. The molecule has 0 amide bonds. The first-order valence-corrected chi connectivity index (χ1v) is 6.26. The molecule has 0 spiro atoms. The van der Waals surface area contributed by atoms with Gasteiger partial charge in [-0.25, -0.2) is 0 Å². The molecule has 1 nitrogen and oxygen atoms in total. The molecule has 1 unspecified atom stereocenters. The normalized spacial score (nSPS) is 13.5. The van der Waals surface area contributed by atoms with E-state index in [4.69, 9.17) is 0 Å². The second-order valence-corrected chi connectivity index (χ2v) is 5.39. The van der Waals surface area contributed by atoms with Gasteiger partial charge in [0.25, 0.3) is 0 Å². The highest BCUT2D eigenvalue weighted by atomic mass is 32.1. The maximum absolute atomic E-state index is 3.55. The first-order chi connectivity index (χ1) is 6.63. The van der Waals surface area contributed by atoms with Gasteiger partial charge in [0.1, 0.15) is 0 Å². The van der Waals surface area contributed by atoms with E-state index >= 15 is 0 Å². The van der Waals surface area contributed by atoms with Gasteiger partial charge in [0, 0.05) is 22.3 Å². The molecule has 80 valence electrons. The number of thiophene rings is 1. The molecular formula is C12H21NS. The zero-order chi connectivity index (χ0) is 10.6. The van der Waals surface area contributed by atoms with Gasteiger partial charge < -0.3 is 5.32 Å². The molecule has 14 heavy (non-hydrogen) atoms. The highest BCUT2D eigenvalue weighted by Crippen LogP contribution is 2.17. The Labute approximate surface area is 91.5 Å². The van der Waals surface area contributed by atoms with E-state index < -0.39 is 0 Å². The van der Waals surface area contributed by atoms with Crippen LogP contribution in [0.4, 0.5) is 0 Å². The molecule has 0 aliphatic heterocycles. The highest BCUT2D eigenvalue weighted by Gasteiger charge is 2.06. The molecule has 0 bridgehead atoms. The van der Waals surface area contributed by atoms with Crippen molar-refractivity contribution in [1.82, 2.24) is 5.32 Å². The van der Waals surface area contributed by atoms with Crippen LogP contribution >= 0.6 is 11.3 Å². The minimum atomic E-state index is 0.599. The zero-order valence-corrected chi connectivity index (χ0v) is 10.4. The molecule has 0 aromatic carbocycles. The molecule has 0 aliphatic rings. The second kappa shape index (κ2) is 5.52. The minimum absolute atomic E-state index is 0.599. The SMILES string of the molecule is CCc1ccc(CNC(C)C(C)C)s1. The molecule has 0 radical (unpaired) electrons. The van der Waals surface area contributed by atoms with Crippen molar-refractivity contribution in [3.63, 3.8) is 0 Å². The Kier molecular flexibility index (Phi) is 4.63. The third kappa shape index (κ3) is 3.43. The second-order valence-electron chi connectivity index (χ2n) is 4.14. The lowest BCUT2D eigenvalue weighted by Crippen LogP contribution is -2.29. The molecule has 1 N–H and O–H groups in total. The van der Waals surface area contributed by atoms with Gasteiger partial charge in [-0.05, 0) is 31.4 Å². The summed E-state index contributed by atoms with van der Waals surface area (Å²) in [6.45, 7) is 9.98. The van der Waals surface area contributed by atoms with Crippen molar-refractivity contribution in [2.24, 2.45) is 5.92 Å². The van der Waals surface area contributed by atoms with Gasteiger partial charge in [0.2, 0.25) is 0 Å². The summed E-state index contributed by atoms with van der Waals surface area (Å²) >= 11 is 1.92. The summed E-state index contributed by atoms with van der Waals surface area (Å²) in [4.78, 5) is 2.94. The van der Waals surface area contributed by atoms with Crippen LogP contribution in [-0.4, -0.2) is 6.04 Å². The van der Waals surface area contributed by atoms with Crippen molar-refractivity contribution in [3.8, 4) is 0 Å². The molecule has 1 aromatic heterocycles. The lowest BCUT2D eigenvalue weighted by molar-refractivity contribution is 0.428. The van der Waals surface area contributed by atoms with E-state index in [9.17, 15) is 0 Å². The van der Waals surface area contributed by atoms with Gasteiger partial charge >= 0.3 is 0 Å². The molecule has 1 heterocycles. The Hall–Kier alpha value is -0.340. The minimum Gasteiger partial charge on any atom is -0.309 e. The van der Waals surface area contributed by atoms with Crippen LogP contribution in [0.15, 0.2) is 12.1 Å². The quantitative estimate of drug-likeness (QED) is 0.786. The summed E-state index contributed by atoms with van der Waals surface area (Å²) in [6.07, 6.45) is 1.16. The predicted molar refractivity (Wildman–Crippen MR) is 64.8 cm³/mol. The van der Waals surface area contributed by atoms with Crippen LogP contribution in [0, 0.1) is 5.92 Å². The molecular weight excluding hydrogens is 190 g/mol. The van der Waals surface area contributed by atoms with E-state index in [1.807, 2.05) is 11.3 Å². The molecule has 0 fully saturated rings. The van der Waals surface area contributed by atoms with Crippen molar-refractivity contribution in [3.05, 3.63) is 21.9 Å². The topological polar surface area (TPSA) is 12.0 Å². The van der Waals surface area contributed by atoms with Crippen molar-refractivity contribution >= 4 is 11.3 Å². The molecule has 2 heteroatoms. The van der Waals surface area contributed by atoms with Gasteiger partial charge in [-0.3, -0.25) is 0 Å². The maximum Gasteiger partial charge on any atom is 0.0302 e. The van der Waals surface area contributed by atoms with Crippen LogP contribution in [0.3, 0.4) is 0 Å². The van der Waals surface area contributed by atoms with E-state index in [0.29, 0.717) is 12.0 Å². The first kappa shape index (κ1) is 11.7. The molecule has 1 aromatic rings. The fourth-order valence-electron chi connectivity index (χ4n) is 1.20. The average molecular weight is 211 g/mol. The Balaban J connectivity index is 2.37. The Bertz CT molecular complexity index is 265. The summed E-state index contributed by atoms with van der Waals surface area (Å²) in [5.74, 6) is 0.709. The molecule has 0 saturated carbocycles. The number of aryl methyl sites for hydroxylation is 1. The monoisotopic (exact) mass is 211 g/mol. The molecule has 0 aliphatic carbocycles. The van der Waals surface area contributed by atoms with E-state index in [0.717, 1.165) is 13.0 Å². The van der Waals surface area contributed by atoms with Gasteiger partial charge in [0.05, 0.1) is 0 Å².